The van der Waals surface area contributed by atoms with Crippen molar-refractivity contribution < 1.29 is 8.42 Å². The van der Waals surface area contributed by atoms with E-state index in [1.54, 1.807) is 0 Å². The molecular formula is C13H24N4O2S. The van der Waals surface area contributed by atoms with Gasteiger partial charge in [0.05, 0.1) is 12.5 Å². The van der Waals surface area contributed by atoms with Crippen molar-refractivity contribution in [3.63, 3.8) is 0 Å². The Balaban J connectivity index is 2.10. The highest BCUT2D eigenvalue weighted by Gasteiger charge is 2.38. The summed E-state index contributed by atoms with van der Waals surface area (Å²) in [4.78, 5) is 8.57. The summed E-state index contributed by atoms with van der Waals surface area (Å²) in [7, 11) is 0.560. The summed E-state index contributed by atoms with van der Waals surface area (Å²) in [5.41, 5.74) is -0.0925. The van der Waals surface area contributed by atoms with Crippen molar-refractivity contribution in [3.8, 4) is 0 Å². The van der Waals surface area contributed by atoms with Crippen LogP contribution in [0.2, 0.25) is 0 Å². The second-order valence-corrected chi connectivity index (χ2v) is 7.80. The van der Waals surface area contributed by atoms with E-state index in [4.69, 9.17) is 0 Å². The van der Waals surface area contributed by atoms with Crippen molar-refractivity contribution in [1.29, 1.82) is 0 Å². The summed E-state index contributed by atoms with van der Waals surface area (Å²) >= 11 is 0. The van der Waals surface area contributed by atoms with Gasteiger partial charge in [-0.15, -0.1) is 0 Å². The molecule has 0 saturated heterocycles. The molecular weight excluding hydrogens is 276 g/mol. The van der Waals surface area contributed by atoms with E-state index in [0.29, 0.717) is 12.5 Å². The Bertz CT molecular complexity index is 527. The third kappa shape index (κ3) is 3.21. The highest BCUT2D eigenvalue weighted by atomic mass is 32.2. The minimum Gasteiger partial charge on any atom is -0.335 e. The van der Waals surface area contributed by atoms with Gasteiger partial charge in [0.1, 0.15) is 0 Å². The Morgan fingerprint density at radius 2 is 2.30 bits per heavy atom. The summed E-state index contributed by atoms with van der Waals surface area (Å²) in [5.74, 6) is 0.628. The Morgan fingerprint density at radius 1 is 1.55 bits per heavy atom. The minimum absolute atomic E-state index is 0.0925. The van der Waals surface area contributed by atoms with Gasteiger partial charge in [-0.05, 0) is 32.9 Å². The first-order chi connectivity index (χ1) is 9.36. The summed E-state index contributed by atoms with van der Waals surface area (Å²) in [6, 6.07) is 0. The van der Waals surface area contributed by atoms with Crippen LogP contribution >= 0.6 is 0 Å². The zero-order valence-corrected chi connectivity index (χ0v) is 13.2. The van der Waals surface area contributed by atoms with E-state index in [9.17, 15) is 8.42 Å². The Kier molecular flexibility index (Phi) is 4.51. The largest absolute Gasteiger partial charge is 0.335 e. The van der Waals surface area contributed by atoms with E-state index in [-0.39, 0.29) is 10.6 Å². The van der Waals surface area contributed by atoms with Crippen LogP contribution in [0.1, 0.15) is 32.6 Å². The number of rotatable bonds is 5. The van der Waals surface area contributed by atoms with Crippen molar-refractivity contribution in [2.75, 3.05) is 20.6 Å². The van der Waals surface area contributed by atoms with E-state index >= 15 is 0 Å². The van der Waals surface area contributed by atoms with Crippen LogP contribution in [0.15, 0.2) is 17.6 Å². The number of aromatic amines is 1. The van der Waals surface area contributed by atoms with Gasteiger partial charge in [-0.25, -0.2) is 18.1 Å². The number of aromatic nitrogens is 2. The number of sulfonamides is 1. The molecule has 1 aromatic rings. The molecule has 1 aliphatic carbocycles. The molecule has 1 saturated carbocycles. The van der Waals surface area contributed by atoms with E-state index in [2.05, 4.69) is 26.5 Å². The molecule has 2 unspecified atom stereocenters. The lowest BCUT2D eigenvalue weighted by molar-refractivity contribution is 0.0805. The number of H-pyrrole nitrogens is 1. The first-order valence-corrected chi connectivity index (χ1v) is 8.49. The molecule has 20 heavy (non-hydrogen) atoms. The lowest BCUT2D eigenvalue weighted by Crippen LogP contribution is -2.55. The van der Waals surface area contributed by atoms with Gasteiger partial charge in [0.15, 0.2) is 5.03 Å². The maximum atomic E-state index is 12.2. The van der Waals surface area contributed by atoms with Gasteiger partial charge in [0.25, 0.3) is 10.0 Å². The van der Waals surface area contributed by atoms with Crippen LogP contribution in [-0.2, 0) is 10.0 Å². The molecule has 1 heterocycles. The number of hydrogen-bond donors (Lipinski definition) is 2. The highest BCUT2D eigenvalue weighted by Crippen LogP contribution is 2.35. The maximum Gasteiger partial charge on any atom is 0.257 e. The van der Waals surface area contributed by atoms with Crippen molar-refractivity contribution in [2.45, 2.75) is 43.2 Å². The average molecular weight is 300 g/mol. The number of hydrogen-bond acceptors (Lipinski definition) is 4. The van der Waals surface area contributed by atoms with Crippen LogP contribution in [0.3, 0.4) is 0 Å². The lowest BCUT2D eigenvalue weighted by Gasteiger charge is -2.45. The predicted octanol–water partition coefficient (Wildman–Crippen LogP) is 1.20. The third-order valence-corrected chi connectivity index (χ3v) is 5.70. The molecule has 0 amide bonds. The fourth-order valence-electron chi connectivity index (χ4n) is 3.05. The normalized spacial score (nSPS) is 27.9. The van der Waals surface area contributed by atoms with Gasteiger partial charge in [0.2, 0.25) is 0 Å². The smallest absolute Gasteiger partial charge is 0.257 e. The molecule has 1 aliphatic rings. The molecule has 0 radical (unpaired) electrons. The van der Waals surface area contributed by atoms with Gasteiger partial charge in [0, 0.05) is 12.1 Å². The standard InChI is InChI=1S/C13H24N4O2S/c1-11-5-4-6-13(7-11,17(2)3)9-16-20(18,19)12-8-14-10-15-12/h8,10-11,16H,4-7,9H2,1-3H3,(H,14,15). The number of likely N-dealkylation sites (N-methyl/N-ethyl adjacent to an activating group) is 1. The van der Waals surface area contributed by atoms with Crippen LogP contribution in [0.4, 0.5) is 0 Å². The third-order valence-electron chi connectivity index (χ3n) is 4.37. The van der Waals surface area contributed by atoms with Crippen LogP contribution in [0.5, 0.6) is 0 Å². The van der Waals surface area contributed by atoms with E-state index < -0.39 is 10.0 Å². The summed E-state index contributed by atoms with van der Waals surface area (Å²) < 4.78 is 27.1. The first-order valence-electron chi connectivity index (χ1n) is 7.01. The molecule has 0 bridgehead atoms. The van der Waals surface area contributed by atoms with Crippen molar-refractivity contribution in [3.05, 3.63) is 12.5 Å². The Hall–Kier alpha value is -0.920. The second kappa shape index (κ2) is 5.83. The molecule has 7 heteroatoms. The maximum absolute atomic E-state index is 12.2. The van der Waals surface area contributed by atoms with Gasteiger partial charge < -0.3 is 9.88 Å². The zero-order valence-electron chi connectivity index (χ0n) is 12.4. The quantitative estimate of drug-likeness (QED) is 0.856. The average Bonchev–Trinajstić information content (AvgIpc) is 2.91. The van der Waals surface area contributed by atoms with Gasteiger partial charge >= 0.3 is 0 Å². The first kappa shape index (κ1) is 15.5. The number of nitrogens with zero attached hydrogens (tertiary/aromatic N) is 2. The lowest BCUT2D eigenvalue weighted by atomic mass is 9.75. The molecule has 2 atom stereocenters. The molecule has 2 rings (SSSR count). The summed E-state index contributed by atoms with van der Waals surface area (Å²) in [6.07, 6.45) is 7.11. The molecule has 1 aromatic heterocycles. The zero-order chi connectivity index (χ0) is 14.8. The number of imidazole rings is 1. The molecule has 0 spiro atoms. The SMILES string of the molecule is CC1CCCC(CNS(=O)(=O)c2cnc[nH]2)(N(C)C)C1. The van der Waals surface area contributed by atoms with E-state index in [1.807, 2.05) is 14.1 Å². The predicted molar refractivity (Wildman–Crippen MR) is 77.8 cm³/mol. The summed E-state index contributed by atoms with van der Waals surface area (Å²) in [6.45, 7) is 2.67. The molecule has 114 valence electrons. The highest BCUT2D eigenvalue weighted by molar-refractivity contribution is 7.89. The molecule has 0 aromatic carbocycles. The second-order valence-electron chi connectivity index (χ2n) is 6.06. The van der Waals surface area contributed by atoms with E-state index in [1.165, 1.54) is 18.9 Å². The van der Waals surface area contributed by atoms with Gasteiger partial charge in [-0.3, -0.25) is 0 Å². The fourth-order valence-corrected chi connectivity index (χ4v) is 4.08. The van der Waals surface area contributed by atoms with Crippen molar-refractivity contribution in [2.24, 2.45) is 5.92 Å². The Morgan fingerprint density at radius 3 is 2.85 bits per heavy atom. The minimum atomic E-state index is -3.50. The molecule has 2 N–H and O–H groups in total. The molecule has 6 nitrogen and oxygen atoms in total. The van der Waals surface area contributed by atoms with Crippen LogP contribution in [0.25, 0.3) is 0 Å². The van der Waals surface area contributed by atoms with Crippen molar-refractivity contribution in [1.82, 2.24) is 19.6 Å². The number of nitrogens with one attached hydrogen (secondary N) is 2. The molecule has 0 aliphatic heterocycles. The fraction of sp³-hybridized carbons (Fsp3) is 0.769. The summed E-state index contributed by atoms with van der Waals surface area (Å²) in [5, 5.41) is 0.121. The topological polar surface area (TPSA) is 78.1 Å². The van der Waals surface area contributed by atoms with Gasteiger partial charge in [-0.2, -0.15) is 0 Å². The monoisotopic (exact) mass is 300 g/mol. The van der Waals surface area contributed by atoms with Crippen LogP contribution in [0, 0.1) is 5.92 Å². The Labute approximate surface area is 121 Å². The molecule has 1 fully saturated rings. The van der Waals surface area contributed by atoms with Crippen LogP contribution in [-0.4, -0.2) is 49.5 Å². The van der Waals surface area contributed by atoms with Gasteiger partial charge in [-0.1, -0.05) is 19.8 Å². The van der Waals surface area contributed by atoms with Crippen LogP contribution < -0.4 is 4.72 Å². The van der Waals surface area contributed by atoms with Crippen molar-refractivity contribution >= 4 is 10.0 Å². The van der Waals surface area contributed by atoms with E-state index in [0.717, 1.165) is 19.3 Å².